The van der Waals surface area contributed by atoms with Crippen LogP contribution in [0.4, 0.5) is 0 Å². The zero-order valence-corrected chi connectivity index (χ0v) is 10.3. The highest BCUT2D eigenvalue weighted by Crippen LogP contribution is 2.42. The first-order valence-electron chi connectivity index (χ1n) is 5.60. The van der Waals surface area contributed by atoms with E-state index in [1.54, 1.807) is 0 Å². The Labute approximate surface area is 100 Å². The predicted molar refractivity (Wildman–Crippen MR) is 61.3 cm³/mol. The van der Waals surface area contributed by atoms with Gasteiger partial charge in [-0.3, -0.25) is 9.59 Å². The maximum atomic E-state index is 12.3. The third-order valence-electron chi connectivity index (χ3n) is 3.62. The summed E-state index contributed by atoms with van der Waals surface area (Å²) >= 11 is 0. The molecule has 2 aliphatic rings. The fourth-order valence-corrected chi connectivity index (χ4v) is 2.67. The average molecular weight is 236 g/mol. The number of rotatable bonds is 2. The van der Waals surface area contributed by atoms with Crippen molar-refractivity contribution >= 4 is 11.6 Å². The molecule has 0 aromatic rings. The van der Waals surface area contributed by atoms with E-state index in [1.807, 2.05) is 13.0 Å². The number of carbonyl (C=O) groups is 2. The Morgan fingerprint density at radius 1 is 1.35 bits per heavy atom. The van der Waals surface area contributed by atoms with Crippen LogP contribution in [0.15, 0.2) is 23.5 Å². The van der Waals surface area contributed by atoms with Gasteiger partial charge in [0.1, 0.15) is 5.60 Å². The van der Waals surface area contributed by atoms with Gasteiger partial charge in [0.05, 0.1) is 13.0 Å². The fourth-order valence-electron chi connectivity index (χ4n) is 2.67. The largest absolute Gasteiger partial charge is 0.493 e. The molecule has 2 aliphatic carbocycles. The summed E-state index contributed by atoms with van der Waals surface area (Å²) < 4.78 is 10.4. The summed E-state index contributed by atoms with van der Waals surface area (Å²) in [6.07, 6.45) is 4.30. The van der Waals surface area contributed by atoms with E-state index in [1.165, 1.54) is 20.3 Å². The summed E-state index contributed by atoms with van der Waals surface area (Å²) in [4.78, 5) is 24.3. The standard InChI is InChI=1S/C13H16O4/c1-8-4-5-9-10(14)6-11(16-2)12(15)13(9,7-8)17-3/h4,6,9H,5,7H2,1-3H3/t9-,13+/m1/s1. The zero-order chi connectivity index (χ0) is 12.6. The second-order valence-corrected chi connectivity index (χ2v) is 4.55. The van der Waals surface area contributed by atoms with Gasteiger partial charge in [0.2, 0.25) is 5.78 Å². The van der Waals surface area contributed by atoms with E-state index in [9.17, 15) is 9.59 Å². The molecule has 0 aromatic heterocycles. The number of fused-ring (bicyclic) bond motifs is 1. The van der Waals surface area contributed by atoms with Crippen LogP contribution in [0.2, 0.25) is 0 Å². The van der Waals surface area contributed by atoms with E-state index in [0.29, 0.717) is 12.8 Å². The Balaban J connectivity index is 2.51. The molecule has 2 rings (SSSR count). The number of ketones is 2. The number of hydrogen-bond donors (Lipinski definition) is 0. The monoisotopic (exact) mass is 236 g/mol. The lowest BCUT2D eigenvalue weighted by Gasteiger charge is -2.41. The van der Waals surface area contributed by atoms with Crippen LogP contribution >= 0.6 is 0 Å². The molecule has 0 amide bonds. The second-order valence-electron chi connectivity index (χ2n) is 4.55. The van der Waals surface area contributed by atoms with Gasteiger partial charge >= 0.3 is 0 Å². The van der Waals surface area contributed by atoms with Crippen LogP contribution in [0.25, 0.3) is 0 Å². The van der Waals surface area contributed by atoms with Gasteiger partial charge in [0.25, 0.3) is 0 Å². The molecule has 92 valence electrons. The number of ether oxygens (including phenoxy) is 2. The first kappa shape index (κ1) is 12.0. The molecule has 0 radical (unpaired) electrons. The predicted octanol–water partition coefficient (Wildman–Crippen LogP) is 1.41. The maximum absolute atomic E-state index is 12.3. The van der Waals surface area contributed by atoms with Crippen LogP contribution in [0.3, 0.4) is 0 Å². The molecule has 0 fully saturated rings. The summed E-state index contributed by atoms with van der Waals surface area (Å²) in [6.45, 7) is 1.94. The first-order chi connectivity index (χ1) is 8.05. The lowest BCUT2D eigenvalue weighted by molar-refractivity contribution is -0.156. The van der Waals surface area contributed by atoms with Crippen molar-refractivity contribution in [2.75, 3.05) is 14.2 Å². The van der Waals surface area contributed by atoms with Gasteiger partial charge in [-0.2, -0.15) is 0 Å². The quantitative estimate of drug-likeness (QED) is 0.680. The van der Waals surface area contributed by atoms with Gasteiger partial charge in [-0.05, 0) is 13.3 Å². The molecule has 4 heteroatoms. The molecule has 0 saturated carbocycles. The molecule has 2 atom stereocenters. The third kappa shape index (κ3) is 1.63. The number of methoxy groups -OCH3 is 2. The van der Waals surface area contributed by atoms with Gasteiger partial charge in [-0.1, -0.05) is 11.6 Å². The summed E-state index contributed by atoms with van der Waals surface area (Å²) in [5.41, 5.74) is 0.0114. The minimum Gasteiger partial charge on any atom is -0.493 e. The zero-order valence-electron chi connectivity index (χ0n) is 10.3. The van der Waals surface area contributed by atoms with E-state index < -0.39 is 11.5 Å². The number of carbonyl (C=O) groups excluding carboxylic acids is 2. The van der Waals surface area contributed by atoms with E-state index in [4.69, 9.17) is 9.47 Å². The van der Waals surface area contributed by atoms with Gasteiger partial charge in [-0.15, -0.1) is 0 Å². The molecular weight excluding hydrogens is 220 g/mol. The highest BCUT2D eigenvalue weighted by molar-refractivity contribution is 6.13. The number of hydrogen-bond acceptors (Lipinski definition) is 4. The average Bonchev–Trinajstić information content (AvgIpc) is 2.33. The minimum atomic E-state index is -1.06. The molecule has 0 aromatic carbocycles. The number of allylic oxidation sites excluding steroid dienone is 2. The molecule has 0 spiro atoms. The molecule has 0 N–H and O–H groups in total. The van der Waals surface area contributed by atoms with Crippen LogP contribution in [-0.4, -0.2) is 31.4 Å². The van der Waals surface area contributed by atoms with Gasteiger partial charge < -0.3 is 9.47 Å². The smallest absolute Gasteiger partial charge is 0.230 e. The van der Waals surface area contributed by atoms with Crippen molar-refractivity contribution in [2.45, 2.75) is 25.4 Å². The summed E-state index contributed by atoms with van der Waals surface area (Å²) in [5, 5.41) is 0. The molecule has 0 saturated heterocycles. The topological polar surface area (TPSA) is 52.6 Å². The second kappa shape index (κ2) is 4.11. The van der Waals surface area contributed by atoms with Crippen LogP contribution in [0.1, 0.15) is 19.8 Å². The van der Waals surface area contributed by atoms with Crippen molar-refractivity contribution < 1.29 is 19.1 Å². The number of Topliss-reactive ketones (excluding diaryl/α,β-unsaturated/α-hetero) is 1. The van der Waals surface area contributed by atoms with Crippen molar-refractivity contribution in [3.05, 3.63) is 23.5 Å². The van der Waals surface area contributed by atoms with E-state index >= 15 is 0 Å². The fraction of sp³-hybridized carbons (Fsp3) is 0.538. The van der Waals surface area contributed by atoms with Crippen molar-refractivity contribution in [1.82, 2.24) is 0 Å². The Morgan fingerprint density at radius 2 is 2.06 bits per heavy atom. The van der Waals surface area contributed by atoms with Gasteiger partial charge in [0, 0.05) is 19.6 Å². The van der Waals surface area contributed by atoms with Gasteiger partial charge in [-0.25, -0.2) is 0 Å². The highest BCUT2D eigenvalue weighted by atomic mass is 16.5. The van der Waals surface area contributed by atoms with E-state index in [0.717, 1.165) is 5.57 Å². The molecular formula is C13H16O4. The molecule has 0 aliphatic heterocycles. The minimum absolute atomic E-state index is 0.0907. The highest BCUT2D eigenvalue weighted by Gasteiger charge is 2.54. The summed E-state index contributed by atoms with van der Waals surface area (Å²) in [5.74, 6) is -0.628. The van der Waals surface area contributed by atoms with Crippen LogP contribution in [0.5, 0.6) is 0 Å². The molecule has 4 nitrogen and oxygen atoms in total. The Kier molecular flexibility index (Phi) is 2.91. The molecule has 0 bridgehead atoms. The normalized spacial score (nSPS) is 32.8. The molecule has 0 unspecified atom stereocenters. The van der Waals surface area contributed by atoms with E-state index in [-0.39, 0.29) is 17.3 Å². The Bertz CT molecular complexity index is 433. The van der Waals surface area contributed by atoms with Crippen LogP contribution in [-0.2, 0) is 19.1 Å². The Morgan fingerprint density at radius 3 is 2.65 bits per heavy atom. The van der Waals surface area contributed by atoms with Crippen molar-refractivity contribution in [3.8, 4) is 0 Å². The lowest BCUT2D eigenvalue weighted by Crippen LogP contribution is -2.55. The maximum Gasteiger partial charge on any atom is 0.230 e. The summed E-state index contributed by atoms with van der Waals surface area (Å²) in [7, 11) is 2.88. The lowest BCUT2D eigenvalue weighted by atomic mass is 9.68. The van der Waals surface area contributed by atoms with Crippen LogP contribution < -0.4 is 0 Å². The van der Waals surface area contributed by atoms with E-state index in [2.05, 4.69) is 0 Å². The van der Waals surface area contributed by atoms with Crippen molar-refractivity contribution in [3.63, 3.8) is 0 Å². The molecule has 0 heterocycles. The van der Waals surface area contributed by atoms with Gasteiger partial charge in [0.15, 0.2) is 11.5 Å². The van der Waals surface area contributed by atoms with Crippen molar-refractivity contribution in [1.29, 1.82) is 0 Å². The Hall–Kier alpha value is -1.42. The summed E-state index contributed by atoms with van der Waals surface area (Å²) in [6, 6.07) is 0. The molecule has 17 heavy (non-hydrogen) atoms. The first-order valence-corrected chi connectivity index (χ1v) is 5.60. The van der Waals surface area contributed by atoms with Crippen molar-refractivity contribution in [2.24, 2.45) is 5.92 Å². The van der Waals surface area contributed by atoms with Crippen LogP contribution in [0, 0.1) is 5.92 Å². The SMILES string of the molecule is COC1=CC(=O)[C@H]2CC=C(C)C[C@@]2(OC)C1=O. The third-order valence-corrected chi connectivity index (χ3v) is 3.62.